The van der Waals surface area contributed by atoms with Gasteiger partial charge in [-0.15, -0.1) is 0 Å². The number of halogens is 3. The van der Waals surface area contributed by atoms with Crippen molar-refractivity contribution in [1.82, 2.24) is 4.57 Å². The smallest absolute Gasteiger partial charge is 0.312 e. The van der Waals surface area contributed by atoms with Crippen molar-refractivity contribution in [2.45, 2.75) is 19.3 Å². The summed E-state index contributed by atoms with van der Waals surface area (Å²) in [4.78, 5) is 24.1. The van der Waals surface area contributed by atoms with Gasteiger partial charge in [-0.05, 0) is 46.6 Å². The zero-order valence-electron chi connectivity index (χ0n) is 12.4. The SMILES string of the molecule is CCC(C(=O)O)c1cc(Br)c(C(=O)c2ccc(Cl)c(Cl)c2)n1C. The minimum absolute atomic E-state index is 0.260. The second-order valence-electron chi connectivity index (χ2n) is 5.08. The number of aromatic nitrogens is 1. The second-order valence-corrected chi connectivity index (χ2v) is 6.75. The third-order valence-electron chi connectivity index (χ3n) is 3.68. The molecule has 0 aliphatic carbocycles. The molecular weight excluding hydrogens is 405 g/mol. The van der Waals surface area contributed by atoms with Gasteiger partial charge in [0.05, 0.1) is 16.0 Å². The number of carbonyl (C=O) groups excluding carboxylic acids is 1. The van der Waals surface area contributed by atoms with Crippen LogP contribution in [0.4, 0.5) is 0 Å². The Morgan fingerprint density at radius 2 is 1.91 bits per heavy atom. The topological polar surface area (TPSA) is 59.3 Å². The van der Waals surface area contributed by atoms with E-state index in [2.05, 4.69) is 15.9 Å². The molecule has 0 spiro atoms. The molecule has 0 saturated carbocycles. The summed E-state index contributed by atoms with van der Waals surface area (Å²) in [6.45, 7) is 1.79. The first kappa shape index (κ1) is 18.0. The molecule has 2 aromatic rings. The summed E-state index contributed by atoms with van der Waals surface area (Å²) in [5.41, 5.74) is 1.32. The van der Waals surface area contributed by atoms with Crippen LogP contribution in [0.2, 0.25) is 10.0 Å². The lowest BCUT2D eigenvalue weighted by molar-refractivity contribution is -0.139. The summed E-state index contributed by atoms with van der Waals surface area (Å²) < 4.78 is 2.16. The molecule has 1 heterocycles. The number of aliphatic carboxylic acids is 1. The van der Waals surface area contributed by atoms with Crippen LogP contribution < -0.4 is 0 Å². The maximum atomic E-state index is 12.7. The molecule has 0 amide bonds. The number of hydrogen-bond acceptors (Lipinski definition) is 2. The number of ketones is 1. The highest BCUT2D eigenvalue weighted by molar-refractivity contribution is 9.10. The molecule has 0 aliphatic rings. The maximum Gasteiger partial charge on any atom is 0.312 e. The highest BCUT2D eigenvalue weighted by atomic mass is 79.9. The van der Waals surface area contributed by atoms with E-state index in [1.807, 2.05) is 0 Å². The Kier molecular flexibility index (Phi) is 5.55. The van der Waals surface area contributed by atoms with E-state index in [0.29, 0.717) is 37.9 Å². The van der Waals surface area contributed by atoms with Crippen LogP contribution in [0, 0.1) is 0 Å². The van der Waals surface area contributed by atoms with Crippen molar-refractivity contribution in [3.05, 3.63) is 55.7 Å². The average molecular weight is 419 g/mol. The first-order chi connectivity index (χ1) is 10.8. The fourth-order valence-corrected chi connectivity index (χ4v) is 3.44. The Balaban J connectivity index is 2.51. The molecule has 4 nitrogen and oxygen atoms in total. The largest absolute Gasteiger partial charge is 0.481 e. The van der Waals surface area contributed by atoms with Gasteiger partial charge >= 0.3 is 5.97 Å². The Labute approximate surface area is 152 Å². The maximum absolute atomic E-state index is 12.7. The van der Waals surface area contributed by atoms with Crippen LogP contribution in [0.1, 0.15) is 41.0 Å². The van der Waals surface area contributed by atoms with E-state index in [-0.39, 0.29) is 5.78 Å². The first-order valence-electron chi connectivity index (χ1n) is 6.85. The van der Waals surface area contributed by atoms with Gasteiger partial charge < -0.3 is 9.67 Å². The van der Waals surface area contributed by atoms with Crippen molar-refractivity contribution in [2.24, 2.45) is 7.05 Å². The van der Waals surface area contributed by atoms with Crippen molar-refractivity contribution < 1.29 is 14.7 Å². The van der Waals surface area contributed by atoms with E-state index in [1.165, 1.54) is 6.07 Å². The summed E-state index contributed by atoms with van der Waals surface area (Å²) in [6, 6.07) is 6.32. The summed E-state index contributed by atoms with van der Waals surface area (Å²) in [5, 5.41) is 9.99. The lowest BCUT2D eigenvalue weighted by atomic mass is 10.0. The van der Waals surface area contributed by atoms with Gasteiger partial charge in [-0.1, -0.05) is 30.1 Å². The standard InChI is InChI=1S/C16H14BrCl2NO3/c1-3-9(16(22)23)13-7-10(17)14(20(13)2)15(21)8-4-5-11(18)12(19)6-8/h4-7,9H,3H2,1-2H3,(H,22,23). The Hall–Kier alpha value is -1.30. The van der Waals surface area contributed by atoms with Gasteiger partial charge in [0.1, 0.15) is 5.69 Å². The van der Waals surface area contributed by atoms with Gasteiger partial charge in [-0.25, -0.2) is 0 Å². The predicted octanol–water partition coefficient (Wildman–Crippen LogP) is 4.90. The van der Waals surface area contributed by atoms with Crippen molar-refractivity contribution in [2.75, 3.05) is 0 Å². The fraction of sp³-hybridized carbons (Fsp3) is 0.250. The minimum Gasteiger partial charge on any atom is -0.481 e. The number of carboxylic acid groups (broad SMARTS) is 1. The van der Waals surface area contributed by atoms with E-state index in [4.69, 9.17) is 23.2 Å². The highest BCUT2D eigenvalue weighted by Crippen LogP contribution is 2.31. The normalized spacial score (nSPS) is 12.2. The highest BCUT2D eigenvalue weighted by Gasteiger charge is 2.26. The molecule has 0 fully saturated rings. The van der Waals surface area contributed by atoms with Gasteiger partial charge in [-0.3, -0.25) is 9.59 Å². The van der Waals surface area contributed by atoms with Gasteiger partial charge in [0.2, 0.25) is 5.78 Å². The minimum atomic E-state index is -0.922. The quantitative estimate of drug-likeness (QED) is 0.702. The molecular formula is C16H14BrCl2NO3. The van der Waals surface area contributed by atoms with E-state index in [1.54, 1.807) is 36.7 Å². The molecule has 0 bridgehead atoms. The number of rotatable bonds is 5. The molecule has 1 aromatic heterocycles. The number of benzene rings is 1. The molecule has 122 valence electrons. The Morgan fingerprint density at radius 3 is 2.43 bits per heavy atom. The van der Waals surface area contributed by atoms with Gasteiger partial charge in [0.25, 0.3) is 0 Å². The van der Waals surface area contributed by atoms with Gasteiger partial charge in [-0.2, -0.15) is 0 Å². The molecule has 7 heteroatoms. The van der Waals surface area contributed by atoms with Crippen molar-refractivity contribution in [3.63, 3.8) is 0 Å². The van der Waals surface area contributed by atoms with Gasteiger partial charge in [0.15, 0.2) is 0 Å². The van der Waals surface area contributed by atoms with E-state index in [0.717, 1.165) is 0 Å². The van der Waals surface area contributed by atoms with E-state index >= 15 is 0 Å². The lowest BCUT2D eigenvalue weighted by Gasteiger charge is -2.13. The van der Waals surface area contributed by atoms with E-state index in [9.17, 15) is 14.7 Å². The third kappa shape index (κ3) is 3.47. The van der Waals surface area contributed by atoms with Crippen molar-refractivity contribution in [3.8, 4) is 0 Å². The predicted molar refractivity (Wildman–Crippen MR) is 93.7 cm³/mol. The fourth-order valence-electron chi connectivity index (χ4n) is 2.46. The lowest BCUT2D eigenvalue weighted by Crippen LogP contribution is -2.16. The second kappa shape index (κ2) is 7.07. The summed E-state index contributed by atoms with van der Waals surface area (Å²) in [5.74, 6) is -1.86. The van der Waals surface area contributed by atoms with E-state index < -0.39 is 11.9 Å². The van der Waals surface area contributed by atoms with Crippen molar-refractivity contribution >= 4 is 50.9 Å². The van der Waals surface area contributed by atoms with Crippen LogP contribution >= 0.6 is 39.1 Å². The summed E-state index contributed by atoms with van der Waals surface area (Å²) in [7, 11) is 1.68. The molecule has 1 unspecified atom stereocenters. The van der Waals surface area contributed by atoms with Crippen LogP contribution in [0.15, 0.2) is 28.7 Å². The van der Waals surface area contributed by atoms with Crippen LogP contribution in [0.5, 0.6) is 0 Å². The monoisotopic (exact) mass is 417 g/mol. The number of carboxylic acids is 1. The van der Waals surface area contributed by atoms with Gasteiger partial charge in [0, 0.05) is 22.8 Å². The Bertz CT molecular complexity index is 786. The molecule has 0 aliphatic heterocycles. The number of carbonyl (C=O) groups is 2. The zero-order valence-corrected chi connectivity index (χ0v) is 15.5. The molecule has 2 rings (SSSR count). The molecule has 23 heavy (non-hydrogen) atoms. The molecule has 0 radical (unpaired) electrons. The molecule has 1 aromatic carbocycles. The first-order valence-corrected chi connectivity index (χ1v) is 8.40. The summed E-state index contributed by atoms with van der Waals surface area (Å²) >= 11 is 15.2. The van der Waals surface area contributed by atoms with Crippen molar-refractivity contribution in [1.29, 1.82) is 0 Å². The van der Waals surface area contributed by atoms with Crippen LogP contribution in [-0.4, -0.2) is 21.4 Å². The molecule has 1 N–H and O–H groups in total. The third-order valence-corrected chi connectivity index (χ3v) is 5.03. The van der Waals surface area contributed by atoms with Crippen LogP contribution in [0.25, 0.3) is 0 Å². The molecule has 1 atom stereocenters. The summed E-state index contributed by atoms with van der Waals surface area (Å²) in [6.07, 6.45) is 0.431. The Morgan fingerprint density at radius 1 is 1.26 bits per heavy atom. The van der Waals surface area contributed by atoms with Crippen LogP contribution in [0.3, 0.4) is 0 Å². The zero-order chi connectivity index (χ0) is 17.3. The number of hydrogen-bond donors (Lipinski definition) is 1. The molecule has 0 saturated heterocycles. The average Bonchev–Trinajstić information content (AvgIpc) is 2.77. The van der Waals surface area contributed by atoms with Crippen LogP contribution in [-0.2, 0) is 11.8 Å². The number of nitrogens with zero attached hydrogens (tertiary/aromatic N) is 1.